The highest BCUT2D eigenvalue weighted by atomic mass is 16.5. The first kappa shape index (κ1) is 15.2. The number of hydrogen-bond acceptors (Lipinski definition) is 5. The third-order valence-electron chi connectivity index (χ3n) is 3.19. The van der Waals surface area contributed by atoms with Crippen LogP contribution in [0.2, 0.25) is 0 Å². The van der Waals surface area contributed by atoms with Crippen molar-refractivity contribution in [3.8, 4) is 0 Å². The predicted molar refractivity (Wildman–Crippen MR) is 73.1 cm³/mol. The molecule has 0 unspecified atom stereocenters. The molecule has 7 heteroatoms. The van der Waals surface area contributed by atoms with E-state index in [4.69, 9.17) is 9.47 Å². The second-order valence-corrected chi connectivity index (χ2v) is 4.87. The van der Waals surface area contributed by atoms with Crippen molar-refractivity contribution in [2.24, 2.45) is 0 Å². The molecule has 1 fully saturated rings. The molecule has 2 heterocycles. The first-order valence-corrected chi connectivity index (χ1v) is 6.81. The van der Waals surface area contributed by atoms with E-state index in [1.165, 1.54) is 19.2 Å². The number of esters is 1. The molecule has 1 aliphatic rings. The molecule has 2 N–H and O–H groups in total. The van der Waals surface area contributed by atoms with Gasteiger partial charge in [0, 0.05) is 24.9 Å². The molecule has 0 aliphatic carbocycles. The van der Waals surface area contributed by atoms with Crippen LogP contribution in [0.1, 0.15) is 40.6 Å². The van der Waals surface area contributed by atoms with Gasteiger partial charge < -0.3 is 19.8 Å². The number of carbonyl (C=O) groups is 3. The van der Waals surface area contributed by atoms with Crippen molar-refractivity contribution in [2.75, 3.05) is 19.8 Å². The Kier molecular flexibility index (Phi) is 5.10. The zero-order valence-electron chi connectivity index (χ0n) is 11.8. The van der Waals surface area contributed by atoms with Gasteiger partial charge in [-0.1, -0.05) is 0 Å². The van der Waals surface area contributed by atoms with Crippen molar-refractivity contribution in [1.29, 1.82) is 0 Å². The van der Waals surface area contributed by atoms with Crippen LogP contribution in [-0.4, -0.2) is 48.5 Å². The highest BCUT2D eigenvalue weighted by Gasteiger charge is 2.17. The Labute approximate surface area is 122 Å². The van der Waals surface area contributed by atoms with Gasteiger partial charge in [-0.2, -0.15) is 0 Å². The van der Waals surface area contributed by atoms with Crippen LogP contribution in [0.25, 0.3) is 0 Å². The molecule has 1 atom stereocenters. The van der Waals surface area contributed by atoms with E-state index >= 15 is 0 Å². The van der Waals surface area contributed by atoms with Crippen LogP contribution in [-0.2, 0) is 14.3 Å². The molecule has 1 saturated heterocycles. The van der Waals surface area contributed by atoms with Crippen molar-refractivity contribution >= 4 is 17.7 Å². The van der Waals surface area contributed by atoms with Gasteiger partial charge >= 0.3 is 5.97 Å². The molecular formula is C14H18N2O5. The SMILES string of the molecule is CC(=O)c1c[nH]c(C(=O)OCC(=O)NC[C@@H]2CCCO2)c1. The summed E-state index contributed by atoms with van der Waals surface area (Å²) >= 11 is 0. The third-order valence-corrected chi connectivity index (χ3v) is 3.19. The van der Waals surface area contributed by atoms with E-state index in [1.807, 2.05) is 0 Å². The van der Waals surface area contributed by atoms with E-state index in [0.717, 1.165) is 19.4 Å². The minimum Gasteiger partial charge on any atom is -0.451 e. The molecule has 1 amide bonds. The van der Waals surface area contributed by atoms with E-state index in [0.29, 0.717) is 12.1 Å². The molecule has 0 radical (unpaired) electrons. The van der Waals surface area contributed by atoms with Gasteiger partial charge in [0.2, 0.25) is 0 Å². The van der Waals surface area contributed by atoms with Crippen LogP contribution in [0, 0.1) is 0 Å². The summed E-state index contributed by atoms with van der Waals surface area (Å²) in [6.07, 6.45) is 3.40. The standard InChI is InChI=1S/C14H18N2O5/c1-9(17)10-5-12(15-6-10)14(19)21-8-13(18)16-7-11-3-2-4-20-11/h5-6,11,15H,2-4,7-8H2,1H3,(H,16,18)/t11-/m0/s1. The van der Waals surface area contributed by atoms with Crippen molar-refractivity contribution in [1.82, 2.24) is 10.3 Å². The number of rotatable bonds is 6. The highest BCUT2D eigenvalue weighted by Crippen LogP contribution is 2.10. The van der Waals surface area contributed by atoms with Crippen LogP contribution in [0.4, 0.5) is 0 Å². The Balaban J connectivity index is 1.72. The minimum atomic E-state index is -0.672. The molecule has 1 aliphatic heterocycles. The molecular weight excluding hydrogens is 276 g/mol. The Bertz CT molecular complexity index is 531. The van der Waals surface area contributed by atoms with Gasteiger partial charge in [0.05, 0.1) is 6.10 Å². The molecule has 0 aromatic carbocycles. The third kappa shape index (κ3) is 4.42. The number of aromatic amines is 1. The van der Waals surface area contributed by atoms with Gasteiger partial charge in [0.15, 0.2) is 12.4 Å². The molecule has 1 aromatic rings. The number of hydrogen-bond donors (Lipinski definition) is 2. The number of ketones is 1. The van der Waals surface area contributed by atoms with E-state index in [1.54, 1.807) is 0 Å². The number of Topliss-reactive ketones (excluding diaryl/α,β-unsaturated/α-hetero) is 1. The maximum absolute atomic E-state index is 11.7. The zero-order valence-corrected chi connectivity index (χ0v) is 11.8. The minimum absolute atomic E-state index is 0.0474. The van der Waals surface area contributed by atoms with Gasteiger partial charge in [-0.15, -0.1) is 0 Å². The van der Waals surface area contributed by atoms with E-state index < -0.39 is 5.97 Å². The molecule has 0 spiro atoms. The van der Waals surface area contributed by atoms with Crippen LogP contribution >= 0.6 is 0 Å². The predicted octanol–water partition coefficient (Wildman–Crippen LogP) is 0.669. The fourth-order valence-corrected chi connectivity index (χ4v) is 2.01. The Morgan fingerprint density at radius 2 is 2.29 bits per heavy atom. The summed E-state index contributed by atoms with van der Waals surface area (Å²) in [6, 6.07) is 1.40. The number of aromatic nitrogens is 1. The summed E-state index contributed by atoms with van der Waals surface area (Å²) < 4.78 is 10.2. The largest absolute Gasteiger partial charge is 0.451 e. The maximum atomic E-state index is 11.7. The fourth-order valence-electron chi connectivity index (χ4n) is 2.01. The number of ether oxygens (including phenoxy) is 2. The highest BCUT2D eigenvalue weighted by molar-refractivity contribution is 5.97. The smallest absolute Gasteiger partial charge is 0.355 e. The van der Waals surface area contributed by atoms with Gasteiger partial charge in [0.25, 0.3) is 5.91 Å². The molecule has 0 bridgehead atoms. The lowest BCUT2D eigenvalue weighted by Gasteiger charge is -2.10. The van der Waals surface area contributed by atoms with Crippen LogP contribution in [0.3, 0.4) is 0 Å². The van der Waals surface area contributed by atoms with Gasteiger partial charge in [-0.25, -0.2) is 4.79 Å². The molecule has 2 rings (SSSR count). The Hall–Kier alpha value is -2.15. The average molecular weight is 294 g/mol. The van der Waals surface area contributed by atoms with Crippen LogP contribution < -0.4 is 5.32 Å². The van der Waals surface area contributed by atoms with E-state index in [-0.39, 0.29) is 30.1 Å². The first-order valence-electron chi connectivity index (χ1n) is 6.81. The summed E-state index contributed by atoms with van der Waals surface area (Å²) in [7, 11) is 0. The fraction of sp³-hybridized carbons (Fsp3) is 0.500. The summed E-state index contributed by atoms with van der Waals surface area (Å²) in [4.78, 5) is 37.0. The number of carbonyl (C=O) groups excluding carboxylic acids is 3. The van der Waals surface area contributed by atoms with Crippen molar-refractivity contribution in [3.05, 3.63) is 23.5 Å². The Morgan fingerprint density at radius 1 is 1.48 bits per heavy atom. The molecule has 7 nitrogen and oxygen atoms in total. The average Bonchev–Trinajstić information content (AvgIpc) is 3.12. The zero-order chi connectivity index (χ0) is 15.2. The van der Waals surface area contributed by atoms with Crippen LogP contribution in [0.15, 0.2) is 12.3 Å². The summed E-state index contributed by atoms with van der Waals surface area (Å²) in [5, 5.41) is 2.65. The Morgan fingerprint density at radius 3 is 2.90 bits per heavy atom. The number of amides is 1. The van der Waals surface area contributed by atoms with E-state index in [2.05, 4.69) is 10.3 Å². The molecule has 0 saturated carbocycles. The lowest BCUT2D eigenvalue weighted by Crippen LogP contribution is -2.34. The van der Waals surface area contributed by atoms with E-state index in [9.17, 15) is 14.4 Å². The summed E-state index contributed by atoms with van der Waals surface area (Å²) in [5.74, 6) is -1.20. The topological polar surface area (TPSA) is 97.5 Å². The molecule has 1 aromatic heterocycles. The summed E-state index contributed by atoms with van der Waals surface area (Å²) in [6.45, 7) is 2.19. The number of H-pyrrole nitrogens is 1. The van der Waals surface area contributed by atoms with Gasteiger partial charge in [-0.05, 0) is 25.8 Å². The lowest BCUT2D eigenvalue weighted by atomic mass is 10.2. The maximum Gasteiger partial charge on any atom is 0.355 e. The van der Waals surface area contributed by atoms with Gasteiger partial charge in [-0.3, -0.25) is 9.59 Å². The van der Waals surface area contributed by atoms with Gasteiger partial charge in [0.1, 0.15) is 5.69 Å². The normalized spacial score (nSPS) is 17.5. The lowest BCUT2D eigenvalue weighted by molar-refractivity contribution is -0.124. The molecule has 21 heavy (non-hydrogen) atoms. The van der Waals surface area contributed by atoms with Crippen molar-refractivity contribution in [3.63, 3.8) is 0 Å². The van der Waals surface area contributed by atoms with Crippen molar-refractivity contribution < 1.29 is 23.9 Å². The monoisotopic (exact) mass is 294 g/mol. The van der Waals surface area contributed by atoms with Crippen molar-refractivity contribution in [2.45, 2.75) is 25.9 Å². The number of nitrogens with one attached hydrogen (secondary N) is 2. The second kappa shape index (κ2) is 7.03. The second-order valence-electron chi connectivity index (χ2n) is 4.87. The molecule has 114 valence electrons. The summed E-state index contributed by atoms with van der Waals surface area (Å²) in [5.41, 5.74) is 0.539. The first-order chi connectivity index (χ1) is 10.1. The quantitative estimate of drug-likeness (QED) is 0.593. The van der Waals surface area contributed by atoms with Crippen LogP contribution in [0.5, 0.6) is 0 Å².